The molecule has 4 rings (SSSR count). The normalized spacial score (nSPS) is 11.2. The molecule has 7 nitrogen and oxygen atoms in total. The Morgan fingerprint density at radius 1 is 1.10 bits per heavy atom. The lowest BCUT2D eigenvalue weighted by Gasteiger charge is -2.17. The first-order chi connectivity index (χ1) is 14.0. The van der Waals surface area contributed by atoms with Crippen LogP contribution in [0.15, 0.2) is 65.1 Å². The van der Waals surface area contributed by atoms with E-state index in [2.05, 4.69) is 10.1 Å². The summed E-state index contributed by atoms with van der Waals surface area (Å²) in [5.41, 5.74) is 1.64. The molecule has 0 radical (unpaired) electrons. The highest BCUT2D eigenvalue weighted by molar-refractivity contribution is 5.94. The van der Waals surface area contributed by atoms with E-state index in [0.717, 1.165) is 11.4 Å². The molecule has 2 aromatic carbocycles. The average Bonchev–Trinajstić information content (AvgIpc) is 3.25. The third-order valence-electron chi connectivity index (χ3n) is 4.61. The van der Waals surface area contributed by atoms with E-state index in [1.807, 2.05) is 74.5 Å². The number of likely N-dealkylation sites (N-methyl/N-ethyl adjacent to an activating group) is 1. The standard InChI is InChI=1S/C22H22N4O3/c1-15(2)20-18(14-19(27)25(3)16-10-6-4-7-11-16)29-22-23-21(24-26(20)22)28-17-12-8-5-9-13-17/h4-13,15H,14H2,1-3H3. The summed E-state index contributed by atoms with van der Waals surface area (Å²) in [4.78, 5) is 18.7. The molecule has 2 aromatic heterocycles. The number of amides is 1. The van der Waals surface area contributed by atoms with Gasteiger partial charge in [-0.1, -0.05) is 50.2 Å². The van der Waals surface area contributed by atoms with E-state index in [1.165, 1.54) is 0 Å². The molecule has 29 heavy (non-hydrogen) atoms. The van der Waals surface area contributed by atoms with Gasteiger partial charge in [-0.2, -0.15) is 4.52 Å². The first kappa shape index (κ1) is 18.7. The number of oxazole rings is 1. The molecule has 0 aliphatic heterocycles. The van der Waals surface area contributed by atoms with Crippen LogP contribution in [-0.2, 0) is 11.2 Å². The van der Waals surface area contributed by atoms with Crippen LogP contribution < -0.4 is 9.64 Å². The minimum Gasteiger partial charge on any atom is -0.426 e. The summed E-state index contributed by atoms with van der Waals surface area (Å²) >= 11 is 0. The SMILES string of the molecule is CC(C)c1c(CC(=O)N(C)c2ccccc2)oc2nc(Oc3ccccc3)nn12. The number of fused-ring (bicyclic) bond motifs is 1. The van der Waals surface area contributed by atoms with Crippen molar-refractivity contribution >= 4 is 17.4 Å². The van der Waals surface area contributed by atoms with Gasteiger partial charge in [-0.25, -0.2) is 0 Å². The molecule has 148 valence electrons. The van der Waals surface area contributed by atoms with E-state index >= 15 is 0 Å². The van der Waals surface area contributed by atoms with Crippen LogP contribution in [0.3, 0.4) is 0 Å². The second kappa shape index (κ2) is 7.79. The molecular formula is C22H22N4O3. The number of anilines is 1. The molecule has 0 fully saturated rings. The zero-order valence-corrected chi connectivity index (χ0v) is 16.6. The highest BCUT2D eigenvalue weighted by Crippen LogP contribution is 2.27. The Balaban J connectivity index is 1.60. The van der Waals surface area contributed by atoms with Gasteiger partial charge in [0.25, 0.3) is 0 Å². The van der Waals surface area contributed by atoms with Crippen molar-refractivity contribution in [3.8, 4) is 11.8 Å². The molecule has 0 aliphatic carbocycles. The van der Waals surface area contributed by atoms with Crippen LogP contribution in [0.1, 0.15) is 31.2 Å². The van der Waals surface area contributed by atoms with Crippen LogP contribution in [0.4, 0.5) is 5.69 Å². The number of hydrogen-bond donors (Lipinski definition) is 0. The van der Waals surface area contributed by atoms with Gasteiger partial charge in [0.2, 0.25) is 5.91 Å². The number of para-hydroxylation sites is 2. The third-order valence-corrected chi connectivity index (χ3v) is 4.61. The maximum atomic E-state index is 12.8. The van der Waals surface area contributed by atoms with Crippen molar-refractivity contribution < 1.29 is 13.9 Å². The molecule has 7 heteroatoms. The highest BCUT2D eigenvalue weighted by Gasteiger charge is 2.24. The molecule has 0 N–H and O–H groups in total. The van der Waals surface area contributed by atoms with Crippen molar-refractivity contribution in [2.24, 2.45) is 0 Å². The molecule has 0 spiro atoms. The van der Waals surface area contributed by atoms with E-state index in [0.29, 0.717) is 17.4 Å². The van der Waals surface area contributed by atoms with Gasteiger partial charge in [-0.15, -0.1) is 10.1 Å². The maximum absolute atomic E-state index is 12.8. The number of rotatable bonds is 6. The van der Waals surface area contributed by atoms with Crippen LogP contribution in [0, 0.1) is 0 Å². The molecule has 4 aromatic rings. The minimum absolute atomic E-state index is 0.0733. The summed E-state index contributed by atoms with van der Waals surface area (Å²) < 4.78 is 13.2. The predicted molar refractivity (Wildman–Crippen MR) is 109 cm³/mol. The summed E-state index contributed by atoms with van der Waals surface area (Å²) in [6.45, 7) is 4.05. The molecule has 0 bridgehead atoms. The Hall–Kier alpha value is -3.61. The fraction of sp³-hybridized carbons (Fsp3) is 0.227. The molecule has 0 saturated heterocycles. The highest BCUT2D eigenvalue weighted by atomic mass is 16.5. The van der Waals surface area contributed by atoms with Crippen molar-refractivity contribution in [1.29, 1.82) is 0 Å². The van der Waals surface area contributed by atoms with Gasteiger partial charge >= 0.3 is 11.9 Å². The smallest absolute Gasteiger partial charge is 0.344 e. The lowest BCUT2D eigenvalue weighted by molar-refractivity contribution is -0.117. The van der Waals surface area contributed by atoms with E-state index in [1.54, 1.807) is 16.5 Å². The molecule has 1 amide bonds. The van der Waals surface area contributed by atoms with Gasteiger partial charge in [0.1, 0.15) is 11.5 Å². The fourth-order valence-corrected chi connectivity index (χ4v) is 3.17. The first-order valence-electron chi connectivity index (χ1n) is 9.45. The summed E-state index contributed by atoms with van der Waals surface area (Å²) in [6.07, 6.45) is 0.124. The molecule has 0 saturated carbocycles. The third kappa shape index (κ3) is 3.85. The Labute approximate surface area is 168 Å². The fourth-order valence-electron chi connectivity index (χ4n) is 3.17. The second-order valence-electron chi connectivity index (χ2n) is 7.03. The molecular weight excluding hydrogens is 368 g/mol. The van der Waals surface area contributed by atoms with Crippen molar-refractivity contribution in [3.63, 3.8) is 0 Å². The van der Waals surface area contributed by atoms with Gasteiger partial charge < -0.3 is 14.1 Å². The van der Waals surface area contributed by atoms with E-state index in [-0.39, 0.29) is 24.3 Å². The molecule has 0 aliphatic rings. The Morgan fingerprint density at radius 2 is 1.76 bits per heavy atom. The van der Waals surface area contributed by atoms with Crippen LogP contribution in [0.25, 0.3) is 5.84 Å². The van der Waals surface area contributed by atoms with E-state index in [9.17, 15) is 4.79 Å². The Morgan fingerprint density at radius 3 is 2.41 bits per heavy atom. The number of nitrogens with zero attached hydrogens (tertiary/aromatic N) is 4. The van der Waals surface area contributed by atoms with Crippen molar-refractivity contribution in [1.82, 2.24) is 14.6 Å². The summed E-state index contributed by atoms with van der Waals surface area (Å²) in [5, 5.41) is 4.42. The van der Waals surface area contributed by atoms with Crippen LogP contribution in [0.5, 0.6) is 11.8 Å². The predicted octanol–water partition coefficient (Wildman–Crippen LogP) is 4.44. The Kier molecular flexibility index (Phi) is 5.03. The van der Waals surface area contributed by atoms with Crippen molar-refractivity contribution in [3.05, 3.63) is 72.1 Å². The van der Waals surface area contributed by atoms with Gasteiger partial charge in [-0.3, -0.25) is 4.79 Å². The maximum Gasteiger partial charge on any atom is 0.344 e. The lowest BCUT2D eigenvalue weighted by Crippen LogP contribution is -2.28. The lowest BCUT2D eigenvalue weighted by atomic mass is 10.1. The number of benzene rings is 2. The van der Waals surface area contributed by atoms with Crippen molar-refractivity contribution in [2.75, 3.05) is 11.9 Å². The zero-order valence-electron chi connectivity index (χ0n) is 16.6. The van der Waals surface area contributed by atoms with Gasteiger partial charge in [0.05, 0.1) is 12.1 Å². The minimum atomic E-state index is -0.0733. The van der Waals surface area contributed by atoms with Crippen LogP contribution >= 0.6 is 0 Å². The first-order valence-corrected chi connectivity index (χ1v) is 9.45. The quantitative estimate of drug-likeness (QED) is 0.486. The number of aromatic nitrogens is 3. The summed E-state index contributed by atoms with van der Waals surface area (Å²) in [5.74, 6) is 1.54. The number of ether oxygens (including phenoxy) is 1. The van der Waals surface area contributed by atoms with Gasteiger partial charge in [0.15, 0.2) is 0 Å². The average molecular weight is 390 g/mol. The second-order valence-corrected chi connectivity index (χ2v) is 7.03. The molecule has 0 unspecified atom stereocenters. The largest absolute Gasteiger partial charge is 0.426 e. The van der Waals surface area contributed by atoms with E-state index < -0.39 is 0 Å². The number of carbonyl (C=O) groups excluding carboxylic acids is 1. The topological polar surface area (TPSA) is 72.9 Å². The van der Waals surface area contributed by atoms with Gasteiger partial charge in [0, 0.05) is 12.7 Å². The number of carbonyl (C=O) groups is 1. The van der Waals surface area contributed by atoms with Crippen LogP contribution in [0.2, 0.25) is 0 Å². The summed E-state index contributed by atoms with van der Waals surface area (Å²) in [7, 11) is 1.75. The van der Waals surface area contributed by atoms with Crippen molar-refractivity contribution in [2.45, 2.75) is 26.2 Å². The van der Waals surface area contributed by atoms with Gasteiger partial charge in [-0.05, 0) is 30.2 Å². The zero-order chi connectivity index (χ0) is 20.4. The molecule has 0 atom stereocenters. The monoisotopic (exact) mass is 390 g/mol. The summed E-state index contributed by atoms with van der Waals surface area (Å²) in [6, 6.07) is 19.0. The van der Waals surface area contributed by atoms with Crippen LogP contribution in [-0.4, -0.2) is 27.6 Å². The Bertz CT molecular complexity index is 1120. The number of hydrogen-bond acceptors (Lipinski definition) is 5. The van der Waals surface area contributed by atoms with E-state index in [4.69, 9.17) is 9.15 Å². The molecule has 2 heterocycles.